The van der Waals surface area contributed by atoms with E-state index in [0.717, 1.165) is 20.6 Å². The van der Waals surface area contributed by atoms with E-state index in [4.69, 9.17) is 10.5 Å². The Bertz CT molecular complexity index is 551. The van der Waals surface area contributed by atoms with Crippen LogP contribution in [0, 0.1) is 0 Å². The summed E-state index contributed by atoms with van der Waals surface area (Å²) in [5, 5.41) is 1.96. The molecule has 0 spiro atoms. The molecule has 2 rings (SSSR count). The van der Waals surface area contributed by atoms with Gasteiger partial charge in [-0.1, -0.05) is 12.1 Å². The summed E-state index contributed by atoms with van der Waals surface area (Å²) in [5.74, 6) is -0.183. The number of thiophene rings is 1. The Morgan fingerprint density at radius 3 is 2.63 bits per heavy atom. The molecule has 0 radical (unpaired) electrons. The predicted molar refractivity (Wildman–Crippen MR) is 81.0 cm³/mol. The van der Waals surface area contributed by atoms with Gasteiger partial charge in [-0.25, -0.2) is 0 Å². The van der Waals surface area contributed by atoms with Crippen molar-refractivity contribution in [2.75, 3.05) is 5.73 Å². The summed E-state index contributed by atoms with van der Waals surface area (Å²) >= 11 is 4.98. The van der Waals surface area contributed by atoms with Gasteiger partial charge in [-0.15, -0.1) is 11.3 Å². The second-order valence-electron chi connectivity index (χ2n) is 4.09. The summed E-state index contributed by atoms with van der Waals surface area (Å²) in [4.78, 5) is 12.7. The molecule has 0 aliphatic heterocycles. The van der Waals surface area contributed by atoms with Gasteiger partial charge in [0.1, 0.15) is 6.61 Å². The lowest BCUT2D eigenvalue weighted by Gasteiger charge is -2.04. The number of anilines is 1. The van der Waals surface area contributed by atoms with Crippen LogP contribution in [0.3, 0.4) is 0 Å². The molecular formula is C14H14BrNO2S. The maximum absolute atomic E-state index is 11.6. The van der Waals surface area contributed by atoms with Gasteiger partial charge >= 0.3 is 5.97 Å². The fourth-order valence-corrected chi connectivity index (χ4v) is 2.95. The Kier molecular flexibility index (Phi) is 4.99. The molecule has 0 unspecified atom stereocenters. The van der Waals surface area contributed by atoms with E-state index in [9.17, 15) is 4.79 Å². The lowest BCUT2D eigenvalue weighted by Crippen LogP contribution is -2.05. The smallest absolute Gasteiger partial charge is 0.306 e. The van der Waals surface area contributed by atoms with Crippen molar-refractivity contribution in [3.63, 3.8) is 0 Å². The van der Waals surface area contributed by atoms with Crippen molar-refractivity contribution in [1.82, 2.24) is 0 Å². The van der Waals surface area contributed by atoms with E-state index < -0.39 is 0 Å². The van der Waals surface area contributed by atoms with Crippen molar-refractivity contribution in [1.29, 1.82) is 0 Å². The van der Waals surface area contributed by atoms with Crippen molar-refractivity contribution in [3.8, 4) is 0 Å². The molecule has 0 aliphatic rings. The monoisotopic (exact) mass is 339 g/mol. The van der Waals surface area contributed by atoms with E-state index in [1.54, 1.807) is 11.3 Å². The molecule has 3 nitrogen and oxygen atoms in total. The number of carbonyl (C=O) groups excluding carboxylic acids is 1. The Morgan fingerprint density at radius 2 is 2.00 bits per heavy atom. The zero-order chi connectivity index (χ0) is 13.7. The van der Waals surface area contributed by atoms with Gasteiger partial charge in [0.05, 0.1) is 4.88 Å². The molecule has 1 aromatic heterocycles. The highest BCUT2D eigenvalue weighted by Gasteiger charge is 2.07. The molecule has 0 bridgehead atoms. The van der Waals surface area contributed by atoms with Gasteiger partial charge in [-0.05, 0) is 51.5 Å². The molecule has 2 aromatic rings. The number of carbonyl (C=O) groups is 1. The standard InChI is InChI=1S/C14H14BrNO2S/c15-12-7-8-19-13(12)9-18-14(17)6-3-10-1-4-11(16)5-2-10/h1-2,4-5,7-8H,3,6,9,16H2. The number of esters is 1. The molecule has 2 N–H and O–H groups in total. The molecule has 19 heavy (non-hydrogen) atoms. The largest absolute Gasteiger partial charge is 0.460 e. The Morgan fingerprint density at radius 1 is 1.26 bits per heavy atom. The second kappa shape index (κ2) is 6.73. The van der Waals surface area contributed by atoms with Crippen LogP contribution in [0.4, 0.5) is 5.69 Å². The average Bonchev–Trinajstić information content (AvgIpc) is 2.81. The zero-order valence-electron chi connectivity index (χ0n) is 10.3. The maximum atomic E-state index is 11.6. The van der Waals surface area contributed by atoms with E-state index in [1.807, 2.05) is 35.7 Å². The summed E-state index contributed by atoms with van der Waals surface area (Å²) in [6.45, 7) is 0.332. The van der Waals surface area contributed by atoms with Crippen LogP contribution >= 0.6 is 27.3 Å². The van der Waals surface area contributed by atoms with Crippen molar-refractivity contribution < 1.29 is 9.53 Å². The number of halogens is 1. The van der Waals surface area contributed by atoms with Crippen LogP contribution in [-0.2, 0) is 22.6 Å². The first-order valence-corrected chi connectivity index (χ1v) is 7.54. The molecular weight excluding hydrogens is 326 g/mol. The molecule has 0 amide bonds. The zero-order valence-corrected chi connectivity index (χ0v) is 12.7. The number of benzene rings is 1. The van der Waals surface area contributed by atoms with Gasteiger partial charge in [0.15, 0.2) is 0 Å². The molecule has 1 heterocycles. The first kappa shape index (κ1) is 14.1. The third kappa shape index (κ3) is 4.36. The highest BCUT2D eigenvalue weighted by Crippen LogP contribution is 2.23. The van der Waals surface area contributed by atoms with Crippen LogP contribution in [0.15, 0.2) is 40.2 Å². The van der Waals surface area contributed by atoms with E-state index in [-0.39, 0.29) is 5.97 Å². The molecule has 0 atom stereocenters. The normalized spacial score (nSPS) is 10.4. The van der Waals surface area contributed by atoms with Crippen LogP contribution in [0.25, 0.3) is 0 Å². The average molecular weight is 340 g/mol. The number of aryl methyl sites for hydroxylation is 1. The van der Waals surface area contributed by atoms with E-state index >= 15 is 0 Å². The van der Waals surface area contributed by atoms with E-state index in [1.165, 1.54) is 0 Å². The number of hydrogen-bond acceptors (Lipinski definition) is 4. The number of rotatable bonds is 5. The summed E-state index contributed by atoms with van der Waals surface area (Å²) in [7, 11) is 0. The van der Waals surface area contributed by atoms with Gasteiger partial charge in [-0.3, -0.25) is 4.79 Å². The highest BCUT2D eigenvalue weighted by atomic mass is 79.9. The van der Waals surface area contributed by atoms with Crippen molar-refractivity contribution in [2.45, 2.75) is 19.4 Å². The van der Waals surface area contributed by atoms with Crippen molar-refractivity contribution in [3.05, 3.63) is 50.6 Å². The van der Waals surface area contributed by atoms with Gasteiger partial charge in [-0.2, -0.15) is 0 Å². The summed E-state index contributed by atoms with van der Waals surface area (Å²) in [6.07, 6.45) is 1.05. The summed E-state index contributed by atoms with van der Waals surface area (Å²) in [5.41, 5.74) is 7.42. The first-order chi connectivity index (χ1) is 9.15. The number of hydrogen-bond donors (Lipinski definition) is 1. The Hall–Kier alpha value is -1.33. The highest BCUT2D eigenvalue weighted by molar-refractivity contribution is 9.10. The molecule has 5 heteroatoms. The van der Waals surface area contributed by atoms with Crippen LogP contribution in [0.5, 0.6) is 0 Å². The number of nitrogens with two attached hydrogens (primary N) is 1. The van der Waals surface area contributed by atoms with E-state index in [0.29, 0.717) is 19.4 Å². The molecule has 0 saturated heterocycles. The van der Waals surface area contributed by atoms with Gasteiger partial charge in [0, 0.05) is 16.6 Å². The Labute approximate surface area is 124 Å². The summed E-state index contributed by atoms with van der Waals surface area (Å²) < 4.78 is 6.22. The predicted octanol–water partition coefficient (Wildman–Crippen LogP) is 3.77. The van der Waals surface area contributed by atoms with Crippen LogP contribution in [0.1, 0.15) is 16.9 Å². The van der Waals surface area contributed by atoms with E-state index in [2.05, 4.69) is 15.9 Å². The Balaban J connectivity index is 1.76. The molecule has 0 saturated carbocycles. The second-order valence-corrected chi connectivity index (χ2v) is 5.95. The van der Waals surface area contributed by atoms with Gasteiger partial charge < -0.3 is 10.5 Å². The maximum Gasteiger partial charge on any atom is 0.306 e. The molecule has 100 valence electrons. The van der Waals surface area contributed by atoms with Crippen LogP contribution in [0.2, 0.25) is 0 Å². The third-order valence-corrected chi connectivity index (χ3v) is 4.55. The lowest BCUT2D eigenvalue weighted by atomic mass is 10.1. The SMILES string of the molecule is Nc1ccc(CCC(=O)OCc2sccc2Br)cc1. The quantitative estimate of drug-likeness (QED) is 0.666. The van der Waals surface area contributed by atoms with Crippen molar-refractivity contribution in [2.24, 2.45) is 0 Å². The third-order valence-electron chi connectivity index (χ3n) is 2.65. The topological polar surface area (TPSA) is 52.3 Å². The van der Waals surface area contributed by atoms with Gasteiger partial charge in [0.25, 0.3) is 0 Å². The first-order valence-electron chi connectivity index (χ1n) is 5.87. The molecule has 1 aromatic carbocycles. The fourth-order valence-electron chi connectivity index (χ4n) is 1.58. The van der Waals surface area contributed by atoms with Gasteiger partial charge in [0.2, 0.25) is 0 Å². The van der Waals surface area contributed by atoms with Crippen LogP contribution in [-0.4, -0.2) is 5.97 Å². The minimum Gasteiger partial charge on any atom is -0.460 e. The lowest BCUT2D eigenvalue weighted by molar-refractivity contribution is -0.144. The number of nitrogen functional groups attached to an aromatic ring is 1. The fraction of sp³-hybridized carbons (Fsp3) is 0.214. The molecule has 0 fully saturated rings. The minimum absolute atomic E-state index is 0.183. The van der Waals surface area contributed by atoms with Crippen molar-refractivity contribution >= 4 is 38.9 Å². The minimum atomic E-state index is -0.183. The molecule has 0 aliphatic carbocycles. The number of ether oxygens (including phenoxy) is 1. The summed E-state index contributed by atoms with van der Waals surface area (Å²) in [6, 6.07) is 9.48. The van der Waals surface area contributed by atoms with Crippen LogP contribution < -0.4 is 5.73 Å².